The highest BCUT2D eigenvalue weighted by atomic mass is 16.3. The van der Waals surface area contributed by atoms with Crippen LogP contribution in [0.1, 0.15) is 53.4 Å². The topological polar surface area (TPSA) is 20.2 Å². The van der Waals surface area contributed by atoms with Gasteiger partial charge in [-0.3, -0.25) is 0 Å². The van der Waals surface area contributed by atoms with Gasteiger partial charge in [0.2, 0.25) is 0 Å². The van der Waals surface area contributed by atoms with Gasteiger partial charge in [0.15, 0.2) is 0 Å². The molecule has 0 saturated heterocycles. The van der Waals surface area contributed by atoms with Crippen molar-refractivity contribution in [2.75, 3.05) is 0 Å². The second-order valence-corrected chi connectivity index (χ2v) is 6.46. The average Bonchev–Trinajstić information content (AvgIpc) is 2.54. The van der Waals surface area contributed by atoms with Crippen molar-refractivity contribution in [3.05, 3.63) is 23.3 Å². The van der Waals surface area contributed by atoms with Gasteiger partial charge in [0.1, 0.15) is 0 Å². The molecule has 1 N–H and O–H groups in total. The lowest BCUT2D eigenvalue weighted by atomic mass is 9.69. The van der Waals surface area contributed by atoms with Crippen molar-refractivity contribution < 1.29 is 5.11 Å². The molecule has 0 aliphatic heterocycles. The molecule has 0 fully saturated rings. The second-order valence-electron chi connectivity index (χ2n) is 6.46. The van der Waals surface area contributed by atoms with Crippen molar-refractivity contribution in [3.63, 3.8) is 0 Å². The average molecular weight is 234 g/mol. The quantitative estimate of drug-likeness (QED) is 0.714. The van der Waals surface area contributed by atoms with E-state index >= 15 is 0 Å². The van der Waals surface area contributed by atoms with Crippen LogP contribution in [0.15, 0.2) is 23.3 Å². The van der Waals surface area contributed by atoms with Crippen molar-refractivity contribution >= 4 is 0 Å². The first-order valence-electron chi connectivity index (χ1n) is 6.97. The van der Waals surface area contributed by atoms with Crippen LogP contribution in [-0.4, -0.2) is 11.2 Å². The van der Waals surface area contributed by atoms with Crippen LogP contribution < -0.4 is 0 Å². The number of allylic oxidation sites excluding steroid dienone is 4. The summed E-state index contributed by atoms with van der Waals surface area (Å²) in [6.07, 6.45) is 9.29. The van der Waals surface area contributed by atoms with Gasteiger partial charge in [-0.05, 0) is 56.8 Å². The van der Waals surface area contributed by atoms with E-state index < -0.39 is 0 Å². The van der Waals surface area contributed by atoms with Gasteiger partial charge < -0.3 is 5.11 Å². The minimum absolute atomic E-state index is 0.155. The molecule has 0 spiro atoms. The fraction of sp³-hybridized carbons (Fsp3) is 0.750. The van der Waals surface area contributed by atoms with Gasteiger partial charge in [-0.2, -0.15) is 0 Å². The van der Waals surface area contributed by atoms with Crippen LogP contribution >= 0.6 is 0 Å². The zero-order valence-electron chi connectivity index (χ0n) is 11.7. The monoisotopic (exact) mass is 234 g/mol. The van der Waals surface area contributed by atoms with E-state index in [1.807, 2.05) is 6.92 Å². The summed E-state index contributed by atoms with van der Waals surface area (Å²) in [6, 6.07) is 0. The fourth-order valence-corrected chi connectivity index (χ4v) is 3.41. The normalized spacial score (nSPS) is 34.2. The van der Waals surface area contributed by atoms with E-state index in [1.54, 1.807) is 5.57 Å². The van der Waals surface area contributed by atoms with Crippen molar-refractivity contribution in [2.24, 2.45) is 17.3 Å². The van der Waals surface area contributed by atoms with E-state index in [2.05, 4.69) is 32.9 Å². The summed E-state index contributed by atoms with van der Waals surface area (Å²) in [7, 11) is 0. The zero-order chi connectivity index (χ0) is 12.6. The molecule has 1 nitrogen and oxygen atoms in total. The van der Waals surface area contributed by atoms with Gasteiger partial charge in [-0.25, -0.2) is 0 Å². The number of hydrogen-bond donors (Lipinski definition) is 1. The van der Waals surface area contributed by atoms with E-state index in [4.69, 9.17) is 0 Å². The first kappa shape index (κ1) is 12.9. The Balaban J connectivity index is 2.12. The minimum Gasteiger partial charge on any atom is -0.393 e. The summed E-state index contributed by atoms with van der Waals surface area (Å²) in [6.45, 7) is 8.93. The lowest BCUT2D eigenvalue weighted by molar-refractivity contribution is 0.113. The van der Waals surface area contributed by atoms with Crippen molar-refractivity contribution in [3.8, 4) is 0 Å². The molecule has 0 bridgehead atoms. The Bertz CT molecular complexity index is 347. The third kappa shape index (κ3) is 2.35. The van der Waals surface area contributed by atoms with Crippen LogP contribution in [0.2, 0.25) is 0 Å². The summed E-state index contributed by atoms with van der Waals surface area (Å²) in [4.78, 5) is 0. The lowest BCUT2D eigenvalue weighted by Gasteiger charge is -2.36. The van der Waals surface area contributed by atoms with Crippen LogP contribution in [0.3, 0.4) is 0 Å². The van der Waals surface area contributed by atoms with Gasteiger partial charge >= 0.3 is 0 Å². The Morgan fingerprint density at radius 2 is 2.06 bits per heavy atom. The summed E-state index contributed by atoms with van der Waals surface area (Å²) in [5, 5.41) is 9.78. The first-order chi connectivity index (χ1) is 7.93. The van der Waals surface area contributed by atoms with Gasteiger partial charge in [-0.1, -0.05) is 37.1 Å². The molecule has 1 heteroatoms. The third-order valence-corrected chi connectivity index (χ3v) is 5.12. The fourth-order valence-electron chi connectivity index (χ4n) is 3.41. The Hall–Kier alpha value is -0.560. The van der Waals surface area contributed by atoms with E-state index in [1.165, 1.54) is 12.0 Å². The number of aliphatic hydroxyl groups is 1. The van der Waals surface area contributed by atoms with Crippen LogP contribution in [-0.2, 0) is 0 Å². The van der Waals surface area contributed by atoms with Crippen molar-refractivity contribution in [1.29, 1.82) is 0 Å². The van der Waals surface area contributed by atoms with Gasteiger partial charge in [0.05, 0.1) is 6.10 Å². The van der Waals surface area contributed by atoms with Gasteiger partial charge in [0, 0.05) is 0 Å². The molecule has 0 saturated carbocycles. The predicted octanol–water partition coefficient (Wildman–Crippen LogP) is 4.09. The summed E-state index contributed by atoms with van der Waals surface area (Å²) >= 11 is 0. The van der Waals surface area contributed by atoms with Crippen LogP contribution in [0.4, 0.5) is 0 Å². The Kier molecular flexibility index (Phi) is 3.49. The van der Waals surface area contributed by atoms with E-state index in [9.17, 15) is 5.11 Å². The molecule has 3 unspecified atom stereocenters. The molecule has 0 heterocycles. The largest absolute Gasteiger partial charge is 0.393 e. The Morgan fingerprint density at radius 1 is 1.35 bits per heavy atom. The highest BCUT2D eigenvalue weighted by Gasteiger charge is 2.38. The molecule has 3 atom stereocenters. The number of aliphatic hydroxyl groups excluding tert-OH is 1. The maximum absolute atomic E-state index is 9.78. The summed E-state index contributed by atoms with van der Waals surface area (Å²) in [5.41, 5.74) is 3.44. The highest BCUT2D eigenvalue weighted by molar-refractivity contribution is 5.27. The molecule has 17 heavy (non-hydrogen) atoms. The molecule has 2 aliphatic rings. The van der Waals surface area contributed by atoms with E-state index in [0.29, 0.717) is 17.3 Å². The third-order valence-electron chi connectivity index (χ3n) is 5.12. The smallest absolute Gasteiger partial charge is 0.0543 e. The second kappa shape index (κ2) is 4.61. The van der Waals surface area contributed by atoms with Crippen LogP contribution in [0, 0.1) is 17.3 Å². The maximum atomic E-state index is 9.78. The molecule has 0 radical (unpaired) electrons. The lowest BCUT2D eigenvalue weighted by Crippen LogP contribution is -2.27. The zero-order valence-corrected chi connectivity index (χ0v) is 11.7. The minimum atomic E-state index is -0.155. The first-order valence-corrected chi connectivity index (χ1v) is 6.97. The molecule has 96 valence electrons. The van der Waals surface area contributed by atoms with E-state index in [0.717, 1.165) is 19.3 Å². The Morgan fingerprint density at radius 3 is 2.59 bits per heavy atom. The van der Waals surface area contributed by atoms with Gasteiger partial charge in [-0.15, -0.1) is 0 Å². The molecule has 2 rings (SSSR count). The van der Waals surface area contributed by atoms with Gasteiger partial charge in [0.25, 0.3) is 0 Å². The van der Waals surface area contributed by atoms with Crippen molar-refractivity contribution in [1.82, 2.24) is 0 Å². The van der Waals surface area contributed by atoms with E-state index in [-0.39, 0.29) is 6.10 Å². The highest BCUT2D eigenvalue weighted by Crippen LogP contribution is 2.49. The summed E-state index contributed by atoms with van der Waals surface area (Å²) < 4.78 is 0. The van der Waals surface area contributed by atoms with Crippen LogP contribution in [0.5, 0.6) is 0 Å². The molecule has 2 aliphatic carbocycles. The molecular weight excluding hydrogens is 208 g/mol. The van der Waals surface area contributed by atoms with Crippen LogP contribution in [0.25, 0.3) is 0 Å². The molecule has 0 aromatic carbocycles. The maximum Gasteiger partial charge on any atom is 0.0543 e. The summed E-state index contributed by atoms with van der Waals surface area (Å²) in [5.74, 6) is 1.15. The van der Waals surface area contributed by atoms with Crippen molar-refractivity contribution in [2.45, 2.75) is 59.5 Å². The molecular formula is C16H26O. The Labute approximate surface area is 106 Å². The number of rotatable bonds is 2. The molecule has 0 aromatic heterocycles. The SMILES string of the molecule is CC1=CCC(C2=CCCC(C(C)O)C2)C1(C)C. The molecule has 0 aromatic rings. The number of hydrogen-bond acceptors (Lipinski definition) is 1. The predicted molar refractivity (Wildman–Crippen MR) is 72.7 cm³/mol. The molecule has 0 amide bonds. The standard InChI is InChI=1S/C16H26O/c1-11-8-9-15(16(11,3)4)14-7-5-6-13(10-14)12(2)17/h7-8,12-13,15,17H,5-6,9-10H2,1-4H3.